The van der Waals surface area contributed by atoms with E-state index in [0.717, 1.165) is 12.0 Å². The van der Waals surface area contributed by atoms with E-state index in [1.54, 1.807) is 17.5 Å². The monoisotopic (exact) mass is 346 g/mol. The molecule has 2 amide bonds. The summed E-state index contributed by atoms with van der Waals surface area (Å²) in [5, 5.41) is 4.75. The smallest absolute Gasteiger partial charge is 0.262 e. The van der Waals surface area contributed by atoms with Crippen LogP contribution in [-0.4, -0.2) is 24.0 Å². The fourth-order valence-corrected chi connectivity index (χ4v) is 3.42. The number of hydrogen-bond acceptors (Lipinski definition) is 5. The highest BCUT2D eigenvalue weighted by atomic mass is 32.1. The van der Waals surface area contributed by atoms with Crippen molar-refractivity contribution in [1.82, 2.24) is 0 Å². The fourth-order valence-electron chi connectivity index (χ4n) is 2.61. The average molecular weight is 346 g/mol. The Labute approximate surface area is 143 Å². The predicted molar refractivity (Wildman–Crippen MR) is 91.8 cm³/mol. The van der Waals surface area contributed by atoms with Crippen molar-refractivity contribution in [2.45, 2.75) is 25.9 Å². The molecule has 1 aliphatic rings. The van der Waals surface area contributed by atoms with Gasteiger partial charge in [0.05, 0.1) is 5.56 Å². The number of anilines is 1. The third-order valence-corrected chi connectivity index (χ3v) is 4.43. The van der Waals surface area contributed by atoms with Crippen molar-refractivity contribution in [3.05, 3.63) is 40.8 Å². The summed E-state index contributed by atoms with van der Waals surface area (Å²) in [5.74, 6) is 0.276. The van der Waals surface area contributed by atoms with E-state index in [0.29, 0.717) is 22.1 Å². The highest BCUT2D eigenvalue weighted by Crippen LogP contribution is 2.41. The van der Waals surface area contributed by atoms with Gasteiger partial charge in [-0.25, -0.2) is 0 Å². The number of para-hydroxylation sites is 1. The first kappa shape index (κ1) is 16.3. The molecule has 7 heteroatoms. The molecule has 2 heterocycles. The molecule has 3 N–H and O–H groups in total. The van der Waals surface area contributed by atoms with Gasteiger partial charge in [0, 0.05) is 12.0 Å². The molecule has 0 spiro atoms. The zero-order valence-corrected chi connectivity index (χ0v) is 14.2. The van der Waals surface area contributed by atoms with Crippen molar-refractivity contribution in [2.24, 2.45) is 5.73 Å². The van der Waals surface area contributed by atoms with E-state index in [1.807, 2.05) is 26.0 Å². The first-order valence-corrected chi connectivity index (χ1v) is 8.34. The second kappa shape index (κ2) is 6.16. The molecule has 1 aromatic carbocycles. The van der Waals surface area contributed by atoms with Crippen LogP contribution in [0.3, 0.4) is 0 Å². The number of fused-ring (bicyclic) bond motifs is 1. The minimum atomic E-state index is -0.580. The minimum absolute atomic E-state index is 0.184. The van der Waals surface area contributed by atoms with E-state index >= 15 is 0 Å². The summed E-state index contributed by atoms with van der Waals surface area (Å²) in [6.07, 6.45) is 0.795. The number of amides is 2. The molecule has 0 unspecified atom stereocenters. The van der Waals surface area contributed by atoms with E-state index in [4.69, 9.17) is 15.2 Å². The lowest BCUT2D eigenvalue weighted by Gasteiger charge is -2.18. The SMILES string of the molecule is CC1(C)Cc2cccc(OCC(=O)Nc3sccc3C(N)=O)c2O1. The van der Waals surface area contributed by atoms with Crippen LogP contribution in [-0.2, 0) is 11.2 Å². The second-order valence-corrected chi connectivity index (χ2v) is 7.06. The summed E-state index contributed by atoms with van der Waals surface area (Å²) >= 11 is 1.23. The number of hydrogen-bond donors (Lipinski definition) is 2. The quantitative estimate of drug-likeness (QED) is 0.870. The Hall–Kier alpha value is -2.54. The highest BCUT2D eigenvalue weighted by Gasteiger charge is 2.32. The molecule has 126 valence electrons. The fraction of sp³-hybridized carbons (Fsp3) is 0.294. The van der Waals surface area contributed by atoms with Crippen molar-refractivity contribution in [3.8, 4) is 11.5 Å². The van der Waals surface area contributed by atoms with Crippen LogP contribution in [0, 0.1) is 0 Å². The summed E-state index contributed by atoms with van der Waals surface area (Å²) in [7, 11) is 0. The third kappa shape index (κ3) is 3.35. The zero-order valence-electron chi connectivity index (χ0n) is 13.4. The van der Waals surface area contributed by atoms with Gasteiger partial charge < -0.3 is 20.5 Å². The lowest BCUT2D eigenvalue weighted by atomic mass is 10.0. The van der Waals surface area contributed by atoms with Crippen LogP contribution in [0.1, 0.15) is 29.8 Å². The number of nitrogens with two attached hydrogens (primary N) is 1. The van der Waals surface area contributed by atoms with Crippen LogP contribution in [0.25, 0.3) is 0 Å². The summed E-state index contributed by atoms with van der Waals surface area (Å²) in [4.78, 5) is 23.3. The molecule has 2 aromatic rings. The molecule has 0 fully saturated rings. The molecule has 6 nitrogen and oxygen atoms in total. The Bertz CT molecular complexity index is 798. The molecule has 24 heavy (non-hydrogen) atoms. The molecule has 0 bridgehead atoms. The summed E-state index contributed by atoms with van der Waals surface area (Å²) in [6.45, 7) is 3.83. The van der Waals surface area contributed by atoms with Gasteiger partial charge in [-0.3, -0.25) is 9.59 Å². The molecular weight excluding hydrogens is 328 g/mol. The van der Waals surface area contributed by atoms with Gasteiger partial charge in [-0.2, -0.15) is 0 Å². The summed E-state index contributed by atoms with van der Waals surface area (Å²) in [5.41, 5.74) is 6.33. The minimum Gasteiger partial charge on any atom is -0.483 e. The van der Waals surface area contributed by atoms with Crippen molar-refractivity contribution in [2.75, 3.05) is 11.9 Å². The van der Waals surface area contributed by atoms with Gasteiger partial charge in [-0.1, -0.05) is 12.1 Å². The Morgan fingerprint density at radius 2 is 2.17 bits per heavy atom. The van der Waals surface area contributed by atoms with E-state index in [-0.39, 0.29) is 18.1 Å². The molecule has 0 radical (unpaired) electrons. The lowest BCUT2D eigenvalue weighted by molar-refractivity contribution is -0.118. The molecule has 0 saturated heterocycles. The van der Waals surface area contributed by atoms with Crippen molar-refractivity contribution in [1.29, 1.82) is 0 Å². The zero-order chi connectivity index (χ0) is 17.3. The lowest BCUT2D eigenvalue weighted by Crippen LogP contribution is -2.25. The number of primary amides is 1. The van der Waals surface area contributed by atoms with Gasteiger partial charge in [0.15, 0.2) is 18.1 Å². The van der Waals surface area contributed by atoms with Crippen molar-refractivity contribution >= 4 is 28.2 Å². The van der Waals surface area contributed by atoms with E-state index < -0.39 is 5.91 Å². The Morgan fingerprint density at radius 1 is 1.38 bits per heavy atom. The standard InChI is InChI=1S/C17H18N2O4S/c1-17(2)8-10-4-3-5-12(14(10)23-17)22-9-13(20)19-16-11(15(18)21)6-7-24-16/h3-7H,8-9H2,1-2H3,(H2,18,21)(H,19,20). The maximum atomic E-state index is 12.1. The van der Waals surface area contributed by atoms with Crippen LogP contribution < -0.4 is 20.5 Å². The van der Waals surface area contributed by atoms with Crippen molar-refractivity contribution < 1.29 is 19.1 Å². The molecule has 0 aliphatic carbocycles. The molecule has 1 aliphatic heterocycles. The summed E-state index contributed by atoms with van der Waals surface area (Å²) in [6, 6.07) is 7.21. The number of benzene rings is 1. The Kier molecular flexibility index (Phi) is 4.19. The van der Waals surface area contributed by atoms with Gasteiger partial charge in [0.2, 0.25) is 0 Å². The van der Waals surface area contributed by atoms with E-state index in [9.17, 15) is 9.59 Å². The molecular formula is C17H18N2O4S. The average Bonchev–Trinajstić information content (AvgIpc) is 3.07. The van der Waals surface area contributed by atoms with Crippen LogP contribution >= 0.6 is 11.3 Å². The molecule has 0 saturated carbocycles. The van der Waals surface area contributed by atoms with Gasteiger partial charge in [0.25, 0.3) is 11.8 Å². The highest BCUT2D eigenvalue weighted by molar-refractivity contribution is 7.14. The van der Waals surface area contributed by atoms with Crippen LogP contribution in [0.15, 0.2) is 29.6 Å². The number of carbonyl (C=O) groups excluding carboxylic acids is 2. The topological polar surface area (TPSA) is 90.6 Å². The Balaban J connectivity index is 1.65. The van der Waals surface area contributed by atoms with Gasteiger partial charge >= 0.3 is 0 Å². The number of carbonyl (C=O) groups is 2. The normalized spacial score (nSPS) is 14.6. The number of rotatable bonds is 5. The molecule has 0 atom stereocenters. The predicted octanol–water partition coefficient (Wildman–Crippen LogP) is 2.58. The Morgan fingerprint density at radius 3 is 2.92 bits per heavy atom. The van der Waals surface area contributed by atoms with E-state index in [1.165, 1.54) is 11.3 Å². The first-order chi connectivity index (χ1) is 11.4. The van der Waals surface area contributed by atoms with Gasteiger partial charge in [0.1, 0.15) is 10.6 Å². The number of ether oxygens (including phenoxy) is 2. The van der Waals surface area contributed by atoms with Crippen LogP contribution in [0.2, 0.25) is 0 Å². The van der Waals surface area contributed by atoms with Crippen molar-refractivity contribution in [3.63, 3.8) is 0 Å². The van der Waals surface area contributed by atoms with Gasteiger partial charge in [-0.05, 0) is 31.4 Å². The number of thiophene rings is 1. The second-order valence-electron chi connectivity index (χ2n) is 6.15. The molecule has 1 aromatic heterocycles. The first-order valence-electron chi connectivity index (χ1n) is 7.46. The largest absolute Gasteiger partial charge is 0.483 e. The number of nitrogens with one attached hydrogen (secondary N) is 1. The third-order valence-electron chi connectivity index (χ3n) is 3.60. The van der Waals surface area contributed by atoms with Gasteiger partial charge in [-0.15, -0.1) is 11.3 Å². The van der Waals surface area contributed by atoms with Crippen LogP contribution in [0.4, 0.5) is 5.00 Å². The molecule has 3 rings (SSSR count). The maximum absolute atomic E-state index is 12.1. The summed E-state index contributed by atoms with van der Waals surface area (Å²) < 4.78 is 11.5. The van der Waals surface area contributed by atoms with Crippen LogP contribution in [0.5, 0.6) is 11.5 Å². The van der Waals surface area contributed by atoms with E-state index in [2.05, 4.69) is 5.32 Å². The maximum Gasteiger partial charge on any atom is 0.262 e.